The lowest BCUT2D eigenvalue weighted by Gasteiger charge is -2.52. The quantitative estimate of drug-likeness (QED) is 0.360. The van der Waals surface area contributed by atoms with E-state index in [4.69, 9.17) is 4.74 Å². The SMILES string of the molecule is COc1nc(NC2CC3(CCN(C(C)=O)CC3)C2)nc2[nH]cc(-c3cc(F)c4nc(C)n(CC(F)F)c4c3)c12. The van der Waals surface area contributed by atoms with Gasteiger partial charge in [0.2, 0.25) is 17.7 Å². The molecule has 6 rings (SSSR count). The van der Waals surface area contributed by atoms with Crippen LogP contribution in [0, 0.1) is 18.2 Å². The van der Waals surface area contributed by atoms with Gasteiger partial charge < -0.3 is 24.5 Å². The van der Waals surface area contributed by atoms with E-state index in [1.54, 1.807) is 26.1 Å². The number of ether oxygens (including phenoxy) is 1. The summed E-state index contributed by atoms with van der Waals surface area (Å²) >= 11 is 0. The predicted octanol–water partition coefficient (Wildman–Crippen LogP) is 4.90. The number of nitrogens with one attached hydrogen (secondary N) is 2. The minimum absolute atomic E-state index is 0.0525. The van der Waals surface area contributed by atoms with Gasteiger partial charge in [0.15, 0.2) is 5.82 Å². The largest absolute Gasteiger partial charge is 0.480 e. The van der Waals surface area contributed by atoms with Crippen molar-refractivity contribution in [2.45, 2.75) is 58.5 Å². The average molecular weight is 542 g/mol. The molecule has 206 valence electrons. The number of anilines is 1. The fourth-order valence-electron chi connectivity index (χ4n) is 6.24. The number of aromatic amines is 1. The van der Waals surface area contributed by atoms with Crippen LogP contribution in [-0.4, -0.2) is 68.0 Å². The van der Waals surface area contributed by atoms with Gasteiger partial charge in [0.25, 0.3) is 6.43 Å². The van der Waals surface area contributed by atoms with Crippen LogP contribution >= 0.6 is 0 Å². The van der Waals surface area contributed by atoms with E-state index in [2.05, 4.69) is 25.3 Å². The van der Waals surface area contributed by atoms with Crippen LogP contribution in [0.25, 0.3) is 33.2 Å². The second-order valence-electron chi connectivity index (χ2n) is 10.7. The van der Waals surface area contributed by atoms with Gasteiger partial charge in [0.1, 0.15) is 17.0 Å². The maximum atomic E-state index is 15.1. The first-order valence-corrected chi connectivity index (χ1v) is 13.1. The Morgan fingerprint density at radius 2 is 1.97 bits per heavy atom. The number of carbonyl (C=O) groups is 1. The van der Waals surface area contributed by atoms with E-state index in [9.17, 15) is 13.6 Å². The van der Waals surface area contributed by atoms with Gasteiger partial charge in [-0.3, -0.25) is 4.79 Å². The zero-order valence-electron chi connectivity index (χ0n) is 22.0. The topological polar surface area (TPSA) is 101 Å². The van der Waals surface area contributed by atoms with E-state index in [-0.39, 0.29) is 22.9 Å². The van der Waals surface area contributed by atoms with E-state index < -0.39 is 18.8 Å². The molecule has 2 aliphatic rings. The Kier molecular flexibility index (Phi) is 6.15. The molecule has 1 spiro atoms. The lowest BCUT2D eigenvalue weighted by Crippen LogP contribution is -2.52. The smallest absolute Gasteiger partial charge is 0.256 e. The number of benzene rings is 1. The molecule has 3 aromatic heterocycles. The molecule has 0 bridgehead atoms. The van der Waals surface area contributed by atoms with Gasteiger partial charge in [-0.1, -0.05) is 0 Å². The monoisotopic (exact) mass is 541 g/mol. The first kappa shape index (κ1) is 25.4. The number of piperidine rings is 1. The molecule has 4 aromatic rings. The van der Waals surface area contributed by atoms with Crippen molar-refractivity contribution in [3.63, 3.8) is 0 Å². The first-order chi connectivity index (χ1) is 18.7. The molecule has 1 aliphatic carbocycles. The van der Waals surface area contributed by atoms with Crippen molar-refractivity contribution in [1.82, 2.24) is 29.4 Å². The number of hydrogen-bond donors (Lipinski definition) is 2. The summed E-state index contributed by atoms with van der Waals surface area (Å²) in [6, 6.07) is 3.21. The number of aryl methyl sites for hydroxylation is 1. The number of hydrogen-bond acceptors (Lipinski definition) is 6. The summed E-state index contributed by atoms with van der Waals surface area (Å²) in [5.74, 6) is 0.606. The van der Waals surface area contributed by atoms with E-state index in [1.807, 2.05) is 4.90 Å². The molecule has 1 saturated heterocycles. The zero-order valence-corrected chi connectivity index (χ0v) is 22.0. The van der Waals surface area contributed by atoms with Gasteiger partial charge in [-0.2, -0.15) is 9.97 Å². The van der Waals surface area contributed by atoms with Crippen LogP contribution in [0.5, 0.6) is 5.88 Å². The molecule has 9 nitrogen and oxygen atoms in total. The fraction of sp³-hybridized carbons (Fsp3) is 0.481. The van der Waals surface area contributed by atoms with Crippen LogP contribution in [0.3, 0.4) is 0 Å². The molecule has 2 N–H and O–H groups in total. The number of halogens is 3. The van der Waals surface area contributed by atoms with Crippen molar-refractivity contribution in [2.24, 2.45) is 5.41 Å². The second kappa shape index (κ2) is 9.42. The minimum atomic E-state index is -2.60. The van der Waals surface area contributed by atoms with Crippen molar-refractivity contribution in [3.8, 4) is 17.0 Å². The third-order valence-electron chi connectivity index (χ3n) is 8.28. The van der Waals surface area contributed by atoms with E-state index >= 15 is 4.39 Å². The van der Waals surface area contributed by atoms with Crippen molar-refractivity contribution in [2.75, 3.05) is 25.5 Å². The highest BCUT2D eigenvalue weighted by Crippen LogP contribution is 2.50. The lowest BCUT2D eigenvalue weighted by atomic mass is 9.60. The number of H-pyrrole nitrogens is 1. The molecule has 4 heterocycles. The molecule has 1 saturated carbocycles. The Morgan fingerprint density at radius 3 is 2.64 bits per heavy atom. The van der Waals surface area contributed by atoms with Gasteiger partial charge in [0.05, 0.1) is 24.6 Å². The number of fused-ring (bicyclic) bond motifs is 2. The second-order valence-corrected chi connectivity index (χ2v) is 10.7. The molecule has 39 heavy (non-hydrogen) atoms. The van der Waals surface area contributed by atoms with Gasteiger partial charge in [-0.05, 0) is 55.7 Å². The first-order valence-electron chi connectivity index (χ1n) is 13.1. The number of carbonyl (C=O) groups excluding carboxylic acids is 1. The van der Waals surface area contributed by atoms with Crippen molar-refractivity contribution in [3.05, 3.63) is 30.0 Å². The molecular formula is C27H30F3N7O2. The summed E-state index contributed by atoms with van der Waals surface area (Å²) in [6.45, 7) is 4.24. The number of nitrogens with zero attached hydrogens (tertiary/aromatic N) is 5. The highest BCUT2D eigenvalue weighted by molar-refractivity contribution is 5.99. The maximum Gasteiger partial charge on any atom is 0.256 e. The Morgan fingerprint density at radius 1 is 1.23 bits per heavy atom. The highest BCUT2D eigenvalue weighted by atomic mass is 19.3. The Balaban J connectivity index is 1.27. The fourth-order valence-corrected chi connectivity index (χ4v) is 6.24. The van der Waals surface area contributed by atoms with E-state index in [0.29, 0.717) is 45.3 Å². The number of likely N-dealkylation sites (tertiary alicyclic amines) is 1. The van der Waals surface area contributed by atoms with Gasteiger partial charge in [-0.25, -0.2) is 18.2 Å². The maximum absolute atomic E-state index is 15.1. The van der Waals surface area contributed by atoms with Crippen LogP contribution in [0.2, 0.25) is 0 Å². The number of amides is 1. The van der Waals surface area contributed by atoms with Crippen LogP contribution in [0.15, 0.2) is 18.3 Å². The Labute approximate surface area is 222 Å². The standard InChI is InChI=1S/C27H30F3N7O2/c1-14-32-23-19(28)8-16(9-20(23)37(14)13-21(29)30)18-12-31-24-22(18)25(39-3)35-26(34-24)33-17-10-27(11-17)4-6-36(7-5-27)15(2)38/h8-9,12,17,21H,4-7,10-11,13H2,1-3H3,(H2,31,33,34,35). The highest BCUT2D eigenvalue weighted by Gasteiger charge is 2.46. The van der Waals surface area contributed by atoms with Crippen LogP contribution < -0.4 is 10.1 Å². The number of alkyl halides is 2. The molecule has 2 fully saturated rings. The molecular weight excluding hydrogens is 511 g/mol. The molecule has 0 unspecified atom stereocenters. The molecule has 0 atom stereocenters. The molecule has 1 aliphatic heterocycles. The van der Waals surface area contributed by atoms with Crippen molar-refractivity contribution < 1.29 is 22.7 Å². The third-order valence-corrected chi connectivity index (χ3v) is 8.28. The van der Waals surface area contributed by atoms with E-state index in [0.717, 1.165) is 38.8 Å². The van der Waals surface area contributed by atoms with Crippen molar-refractivity contribution >= 4 is 33.9 Å². The van der Waals surface area contributed by atoms with Gasteiger partial charge in [0, 0.05) is 37.8 Å². The zero-order chi connectivity index (χ0) is 27.5. The predicted molar refractivity (Wildman–Crippen MR) is 140 cm³/mol. The number of aromatic nitrogens is 5. The minimum Gasteiger partial charge on any atom is -0.480 e. The summed E-state index contributed by atoms with van der Waals surface area (Å²) < 4.78 is 48.4. The molecule has 1 amide bonds. The molecule has 0 radical (unpaired) electrons. The summed E-state index contributed by atoms with van der Waals surface area (Å²) in [5, 5.41) is 3.99. The van der Waals surface area contributed by atoms with Crippen molar-refractivity contribution in [1.29, 1.82) is 0 Å². The Bertz CT molecular complexity index is 1560. The van der Waals surface area contributed by atoms with Crippen LogP contribution in [0.1, 0.15) is 38.4 Å². The number of rotatable bonds is 6. The van der Waals surface area contributed by atoms with Gasteiger partial charge in [-0.15, -0.1) is 0 Å². The number of methoxy groups -OCH3 is 1. The summed E-state index contributed by atoms with van der Waals surface area (Å²) in [5.41, 5.74) is 2.19. The lowest BCUT2D eigenvalue weighted by molar-refractivity contribution is -0.132. The van der Waals surface area contributed by atoms with Crippen LogP contribution in [0.4, 0.5) is 19.1 Å². The summed E-state index contributed by atoms with van der Waals surface area (Å²) in [7, 11) is 1.51. The van der Waals surface area contributed by atoms with Crippen LogP contribution in [-0.2, 0) is 11.3 Å². The van der Waals surface area contributed by atoms with E-state index in [1.165, 1.54) is 17.7 Å². The third kappa shape index (κ3) is 4.45. The number of imidazole rings is 1. The van der Waals surface area contributed by atoms with Gasteiger partial charge >= 0.3 is 0 Å². The average Bonchev–Trinajstić information content (AvgIpc) is 3.44. The summed E-state index contributed by atoms with van der Waals surface area (Å²) in [4.78, 5) is 30.1. The molecule has 12 heteroatoms. The normalized spacial score (nSPS) is 17.4. The Hall–Kier alpha value is -3.83. The molecule has 1 aromatic carbocycles. The summed E-state index contributed by atoms with van der Waals surface area (Å²) in [6.07, 6.45) is 3.08.